The van der Waals surface area contributed by atoms with Gasteiger partial charge in [0, 0.05) is 15.6 Å². The van der Waals surface area contributed by atoms with Gasteiger partial charge in [-0.15, -0.1) is 4.40 Å². The van der Waals surface area contributed by atoms with E-state index in [9.17, 15) is 8.42 Å². The Morgan fingerprint density at radius 3 is 2.83 bits per heavy atom. The molecule has 0 fully saturated rings. The van der Waals surface area contributed by atoms with Crippen LogP contribution in [0.15, 0.2) is 61.3 Å². The summed E-state index contributed by atoms with van der Waals surface area (Å²) >= 11 is 3.38. The molecule has 2 aromatic rings. The summed E-state index contributed by atoms with van der Waals surface area (Å²) in [5, 5.41) is 4.07. The van der Waals surface area contributed by atoms with Crippen molar-refractivity contribution >= 4 is 38.0 Å². The van der Waals surface area contributed by atoms with Crippen LogP contribution in [0.4, 0.5) is 0 Å². The molecule has 1 aliphatic rings. The Kier molecular flexibility index (Phi) is 4.18. The number of hydrogen-bond acceptors (Lipinski definition) is 5. The summed E-state index contributed by atoms with van der Waals surface area (Å²) in [6.45, 7) is 0. The molecule has 118 valence electrons. The molecule has 0 unspecified atom stereocenters. The van der Waals surface area contributed by atoms with Gasteiger partial charge in [0.25, 0.3) is 10.0 Å². The summed E-state index contributed by atoms with van der Waals surface area (Å²) in [5.41, 5.74) is 3.93. The summed E-state index contributed by atoms with van der Waals surface area (Å²) in [6.07, 6.45) is 1.54. The minimum Gasteiger partial charge on any atom is -0.496 e. The highest BCUT2D eigenvalue weighted by Crippen LogP contribution is 2.25. The Hall–Kier alpha value is -2.19. The van der Waals surface area contributed by atoms with E-state index in [4.69, 9.17) is 4.74 Å². The molecule has 0 aromatic heterocycles. The smallest absolute Gasteiger partial charge is 0.285 e. The molecule has 0 bridgehead atoms. The highest BCUT2D eigenvalue weighted by atomic mass is 79.9. The van der Waals surface area contributed by atoms with Crippen molar-refractivity contribution in [2.24, 2.45) is 9.50 Å². The first-order chi connectivity index (χ1) is 11.0. The van der Waals surface area contributed by atoms with Crippen molar-refractivity contribution in [1.82, 2.24) is 5.43 Å². The number of hydrazone groups is 1. The summed E-state index contributed by atoms with van der Waals surface area (Å²) < 4.78 is 33.7. The molecular formula is C15H12BrN3O3S. The van der Waals surface area contributed by atoms with Crippen molar-refractivity contribution < 1.29 is 13.2 Å². The van der Waals surface area contributed by atoms with Crippen LogP contribution in [0.3, 0.4) is 0 Å². The average Bonchev–Trinajstić information content (AvgIpc) is 2.79. The normalized spacial score (nSPS) is 15.3. The van der Waals surface area contributed by atoms with Gasteiger partial charge in [-0.25, -0.2) is 0 Å². The Morgan fingerprint density at radius 2 is 2.04 bits per heavy atom. The molecule has 23 heavy (non-hydrogen) atoms. The van der Waals surface area contributed by atoms with Crippen molar-refractivity contribution in [3.8, 4) is 5.75 Å². The lowest BCUT2D eigenvalue weighted by Crippen LogP contribution is -2.17. The average molecular weight is 394 g/mol. The molecule has 0 saturated carbocycles. The Bertz CT molecular complexity index is 923. The first-order valence-corrected chi connectivity index (χ1v) is 8.81. The largest absolute Gasteiger partial charge is 0.496 e. The Labute approximate surface area is 142 Å². The topological polar surface area (TPSA) is 80.1 Å². The predicted octanol–water partition coefficient (Wildman–Crippen LogP) is 2.53. The number of benzene rings is 2. The fraction of sp³-hybridized carbons (Fsp3) is 0.0667. The van der Waals surface area contributed by atoms with E-state index < -0.39 is 10.0 Å². The van der Waals surface area contributed by atoms with Crippen molar-refractivity contribution in [3.63, 3.8) is 0 Å². The summed E-state index contributed by atoms with van der Waals surface area (Å²) in [4.78, 5) is 0.178. The first kappa shape index (κ1) is 15.7. The van der Waals surface area contributed by atoms with E-state index in [1.165, 1.54) is 6.07 Å². The molecule has 8 heteroatoms. The standard InChI is InChI=1S/C15H12BrN3O3S/c1-22-13-7-6-11(16)8-10(13)9-17-18-15-12-4-2-3-5-14(12)23(20,21)19-15/h2-9H,1H3,(H,18,19)/b17-9+. The van der Waals surface area contributed by atoms with Gasteiger partial charge in [-0.1, -0.05) is 28.1 Å². The van der Waals surface area contributed by atoms with Gasteiger partial charge in [-0.05, 0) is 30.3 Å². The molecule has 0 spiro atoms. The van der Waals surface area contributed by atoms with Gasteiger partial charge in [0.05, 0.1) is 13.3 Å². The van der Waals surface area contributed by atoms with Gasteiger partial charge in [0.15, 0.2) is 5.84 Å². The number of amidine groups is 1. The van der Waals surface area contributed by atoms with Gasteiger partial charge in [0.2, 0.25) is 0 Å². The maximum atomic E-state index is 11.9. The highest BCUT2D eigenvalue weighted by Gasteiger charge is 2.28. The fourth-order valence-corrected chi connectivity index (χ4v) is 3.71. The fourth-order valence-electron chi connectivity index (χ4n) is 2.16. The molecule has 3 rings (SSSR count). The molecule has 2 aromatic carbocycles. The SMILES string of the molecule is COc1ccc(Br)cc1/C=N/NC1=NS(=O)(=O)c2ccccc21. The van der Waals surface area contributed by atoms with Crippen LogP contribution in [0.5, 0.6) is 5.75 Å². The number of ether oxygens (including phenoxy) is 1. The van der Waals surface area contributed by atoms with Crippen LogP contribution in [-0.2, 0) is 10.0 Å². The van der Waals surface area contributed by atoms with Crippen molar-refractivity contribution in [1.29, 1.82) is 0 Å². The molecule has 6 nitrogen and oxygen atoms in total. The second kappa shape index (κ2) is 6.13. The number of rotatable bonds is 3. The number of nitrogens with zero attached hydrogens (tertiary/aromatic N) is 2. The third kappa shape index (κ3) is 3.13. The third-order valence-electron chi connectivity index (χ3n) is 3.20. The maximum Gasteiger partial charge on any atom is 0.285 e. The van der Waals surface area contributed by atoms with E-state index >= 15 is 0 Å². The predicted molar refractivity (Wildman–Crippen MR) is 91.6 cm³/mol. The van der Waals surface area contributed by atoms with E-state index in [2.05, 4.69) is 30.9 Å². The molecule has 0 atom stereocenters. The van der Waals surface area contributed by atoms with Gasteiger partial charge in [-0.2, -0.15) is 13.5 Å². The van der Waals surface area contributed by atoms with Gasteiger partial charge < -0.3 is 4.74 Å². The lowest BCUT2D eigenvalue weighted by atomic mass is 10.2. The van der Waals surface area contributed by atoms with E-state index in [1.807, 2.05) is 12.1 Å². The van der Waals surface area contributed by atoms with Crippen LogP contribution in [0.25, 0.3) is 0 Å². The number of halogens is 1. The molecule has 0 aliphatic carbocycles. The zero-order chi connectivity index (χ0) is 16.4. The van der Waals surface area contributed by atoms with Crippen LogP contribution in [0.2, 0.25) is 0 Å². The van der Waals surface area contributed by atoms with Gasteiger partial charge in [-0.3, -0.25) is 5.43 Å². The summed E-state index contributed by atoms with van der Waals surface area (Å²) in [5.74, 6) is 0.853. The first-order valence-electron chi connectivity index (χ1n) is 6.58. The Morgan fingerprint density at radius 1 is 1.26 bits per heavy atom. The number of methoxy groups -OCH3 is 1. The van der Waals surface area contributed by atoms with Crippen LogP contribution in [0, 0.1) is 0 Å². The van der Waals surface area contributed by atoms with Gasteiger partial charge >= 0.3 is 0 Å². The zero-order valence-electron chi connectivity index (χ0n) is 12.0. The number of hydrogen-bond donors (Lipinski definition) is 1. The zero-order valence-corrected chi connectivity index (χ0v) is 14.4. The summed E-state index contributed by atoms with van der Waals surface area (Å²) in [7, 11) is -2.08. The number of nitrogens with one attached hydrogen (secondary N) is 1. The Balaban J connectivity index is 1.86. The highest BCUT2D eigenvalue weighted by molar-refractivity contribution is 9.10. The van der Waals surface area contributed by atoms with Crippen LogP contribution in [-0.4, -0.2) is 27.6 Å². The quantitative estimate of drug-likeness (QED) is 0.641. The van der Waals surface area contributed by atoms with E-state index in [0.717, 1.165) is 10.0 Å². The van der Waals surface area contributed by atoms with E-state index in [1.54, 1.807) is 37.6 Å². The number of fused-ring (bicyclic) bond motifs is 1. The molecule has 1 aliphatic heterocycles. The monoisotopic (exact) mass is 393 g/mol. The van der Waals surface area contributed by atoms with Crippen LogP contribution < -0.4 is 10.2 Å². The van der Waals surface area contributed by atoms with Crippen LogP contribution >= 0.6 is 15.9 Å². The summed E-state index contributed by atoms with van der Waals surface area (Å²) in [6, 6.07) is 12.1. The number of sulfonamides is 1. The molecule has 1 N–H and O–H groups in total. The second-order valence-electron chi connectivity index (χ2n) is 4.67. The molecular weight excluding hydrogens is 382 g/mol. The molecule has 0 radical (unpaired) electrons. The lowest BCUT2D eigenvalue weighted by molar-refractivity contribution is 0.414. The second-order valence-corrected chi connectivity index (χ2v) is 7.16. The lowest BCUT2D eigenvalue weighted by Gasteiger charge is -2.05. The van der Waals surface area contributed by atoms with Crippen molar-refractivity contribution in [3.05, 3.63) is 58.1 Å². The van der Waals surface area contributed by atoms with E-state index in [-0.39, 0.29) is 10.7 Å². The van der Waals surface area contributed by atoms with Crippen LogP contribution in [0.1, 0.15) is 11.1 Å². The minimum atomic E-state index is -3.65. The van der Waals surface area contributed by atoms with Gasteiger partial charge in [0.1, 0.15) is 10.6 Å². The maximum absolute atomic E-state index is 11.9. The molecule has 1 heterocycles. The van der Waals surface area contributed by atoms with E-state index in [0.29, 0.717) is 11.3 Å². The minimum absolute atomic E-state index is 0.178. The van der Waals surface area contributed by atoms with Crippen molar-refractivity contribution in [2.45, 2.75) is 4.90 Å². The third-order valence-corrected chi connectivity index (χ3v) is 5.03. The molecule has 0 amide bonds. The molecule has 0 saturated heterocycles. The van der Waals surface area contributed by atoms with Crippen molar-refractivity contribution in [2.75, 3.05) is 7.11 Å².